The van der Waals surface area contributed by atoms with E-state index in [4.69, 9.17) is 49.4 Å². The third-order valence-electron chi connectivity index (χ3n) is 19.2. The van der Waals surface area contributed by atoms with E-state index in [-0.39, 0.29) is 47.9 Å². The van der Waals surface area contributed by atoms with Gasteiger partial charge in [-0.1, -0.05) is 79.7 Å². The molecule has 10 rings (SSSR count). The van der Waals surface area contributed by atoms with Crippen molar-refractivity contribution in [1.82, 2.24) is 31.9 Å². The van der Waals surface area contributed by atoms with Gasteiger partial charge in [0.2, 0.25) is 36.1 Å². The van der Waals surface area contributed by atoms with Crippen LogP contribution in [0.1, 0.15) is 29.5 Å². The Labute approximate surface area is 610 Å². The number of aliphatic hydroxyl groups is 14. The molecule has 4 aromatic carbocycles. The molecule has 6 aliphatic rings. The average molecular weight is 1510 g/mol. The van der Waals surface area contributed by atoms with Gasteiger partial charge < -0.3 is 136 Å². The fraction of sp³-hybridized carbons (Fsp3) is 0.529. The average Bonchev–Trinajstić information content (AvgIpc) is 1.75. The van der Waals surface area contributed by atoms with Crippen molar-refractivity contribution in [3.8, 4) is 23.0 Å². The van der Waals surface area contributed by atoms with Gasteiger partial charge in [0.15, 0.2) is 36.5 Å². The van der Waals surface area contributed by atoms with Crippen LogP contribution in [0, 0.1) is 0 Å². The number of rotatable bonds is 23. The van der Waals surface area contributed by atoms with Crippen molar-refractivity contribution >= 4 is 47.3 Å². The lowest BCUT2D eigenvalue weighted by Gasteiger charge is -2.46. The number of aliphatic imine (C=N–C) groups is 1. The van der Waals surface area contributed by atoms with Crippen LogP contribution in [-0.2, 0) is 51.2 Å². The number of amides is 4. The van der Waals surface area contributed by atoms with Gasteiger partial charge in [-0.15, -0.1) is 0 Å². The number of hydrogen-bond donors (Lipinski definition) is 24. The van der Waals surface area contributed by atoms with Gasteiger partial charge >= 0.3 is 17.8 Å². The molecule has 6 heterocycles. The summed E-state index contributed by atoms with van der Waals surface area (Å²) in [7, 11) is 1.44. The van der Waals surface area contributed by atoms with E-state index >= 15 is 9.59 Å². The van der Waals surface area contributed by atoms with Crippen LogP contribution in [0.15, 0.2) is 108 Å². The number of carbonyl (C=O) groups is 4. The third-order valence-corrected chi connectivity index (χ3v) is 19.2. The highest BCUT2D eigenvalue weighted by Crippen LogP contribution is 2.36. The van der Waals surface area contributed by atoms with Crippen molar-refractivity contribution in [2.24, 2.45) is 16.5 Å². The molecular formula is C68H92N12O27+2. The minimum atomic E-state index is -2.31. The Morgan fingerprint density at radius 2 is 1.22 bits per heavy atom. The highest BCUT2D eigenvalue weighted by atomic mass is 16.7. The number of nitrogens with one attached hydrogen (secondary N) is 8. The predicted octanol–water partition coefficient (Wildman–Crippen LogP) is -14.0. The lowest BCUT2D eigenvalue weighted by molar-refractivity contribution is -0.663. The fourth-order valence-electron chi connectivity index (χ4n) is 13.1. The maximum absolute atomic E-state index is 15.3. The van der Waals surface area contributed by atoms with Crippen LogP contribution >= 0.6 is 0 Å². The summed E-state index contributed by atoms with van der Waals surface area (Å²) in [6.07, 6.45) is -31.3. The molecule has 0 saturated carbocycles. The Balaban J connectivity index is 0.896. The molecule has 0 radical (unpaired) electrons. The zero-order valence-corrected chi connectivity index (χ0v) is 57.7. The van der Waals surface area contributed by atoms with E-state index in [2.05, 4.69) is 46.9 Å². The fourth-order valence-corrected chi connectivity index (χ4v) is 13.1. The third kappa shape index (κ3) is 18.7. The molecule has 39 nitrogen and oxygen atoms in total. The molecule has 3 saturated heterocycles. The van der Waals surface area contributed by atoms with Gasteiger partial charge in [-0.3, -0.25) is 51.3 Å². The van der Waals surface area contributed by atoms with Gasteiger partial charge in [-0.25, -0.2) is 9.57 Å². The minimum Gasteiger partial charge on any atom is -0.858 e. The molecule has 0 aliphatic carbocycles. The molecule has 6 aliphatic heterocycles. The Hall–Kier alpha value is -9.24. The minimum absolute atomic E-state index is 0.0760. The second-order valence-corrected chi connectivity index (χ2v) is 26.3. The van der Waals surface area contributed by atoms with Crippen LogP contribution in [0.25, 0.3) is 0 Å². The van der Waals surface area contributed by atoms with Crippen molar-refractivity contribution in [1.29, 1.82) is 0 Å². The number of nitrogens with two attached hydrogens (primary N) is 2. The molecule has 25 atom stereocenters. The maximum atomic E-state index is 15.3. The van der Waals surface area contributed by atoms with E-state index in [0.717, 1.165) is 10.1 Å². The zero-order valence-electron chi connectivity index (χ0n) is 57.7. The lowest BCUT2D eigenvalue weighted by Crippen LogP contribution is -2.80. The number of hydrogen-bond acceptors (Lipinski definition) is 31. The molecule has 26 N–H and O–H groups in total. The van der Waals surface area contributed by atoms with Crippen LogP contribution in [0.4, 0.5) is 0 Å². The quantitative estimate of drug-likeness (QED) is 0.0307. The highest BCUT2D eigenvalue weighted by molar-refractivity contribution is 5.97. The SMILES string of the molecule is COc1ccc(O[C@@H]2[C@H](O)[C@H](O)[C@H](O[C@@H]3[C@@H](O)[C@@H](O)[C@H](Oc4ccc(C[C@H]5NC(=O)C([C@H](C)c6ccccc6)N=C([O-])C[NH+]=C(O)[C@H](CO)NC(=O)[C@@H]([C@H](O)[C@@H]6CNC(N)=[N+]6[C@@H]6O[C@@H](CO)[C@H](O)[C@H](O)[C@@H]6O)NC(=O)[C@H]([C@H](O)[C@@H]6C[NH+]=C(N)N6)NC5=O)cc4)O[C@@H]3CO)O[C@H]2CO)cc1OCc1ccccc1. The van der Waals surface area contributed by atoms with Crippen LogP contribution in [0.3, 0.4) is 0 Å². The van der Waals surface area contributed by atoms with E-state index in [0.29, 0.717) is 11.3 Å². The molecule has 1 unspecified atom stereocenters. The molecule has 107 heavy (non-hydrogen) atoms. The van der Waals surface area contributed by atoms with E-state index in [1.807, 2.05) is 30.3 Å². The van der Waals surface area contributed by atoms with E-state index < -0.39 is 234 Å². The Bertz CT molecular complexity index is 3790. The second-order valence-electron chi connectivity index (χ2n) is 26.3. The van der Waals surface area contributed by atoms with Crippen LogP contribution in [0.5, 0.6) is 23.0 Å². The summed E-state index contributed by atoms with van der Waals surface area (Å²) in [5.74, 6) is -7.85. The Morgan fingerprint density at radius 3 is 1.88 bits per heavy atom. The first kappa shape index (κ1) is 80.3. The molecule has 3 fully saturated rings. The van der Waals surface area contributed by atoms with Crippen molar-refractivity contribution < 1.29 is 148 Å². The summed E-state index contributed by atoms with van der Waals surface area (Å²) < 4.78 is 47.9. The number of guanidine groups is 2. The first-order valence-corrected chi connectivity index (χ1v) is 34.3. The second kappa shape index (κ2) is 36.1. The molecule has 0 bridgehead atoms. The monoisotopic (exact) mass is 1510 g/mol. The summed E-state index contributed by atoms with van der Waals surface area (Å²) in [5.41, 5.74) is 13.8. The predicted molar refractivity (Wildman–Crippen MR) is 363 cm³/mol. The zero-order chi connectivity index (χ0) is 77.1. The Morgan fingerprint density at radius 1 is 0.617 bits per heavy atom. The summed E-state index contributed by atoms with van der Waals surface area (Å²) >= 11 is 0. The molecule has 0 aromatic heterocycles. The molecular weight excluding hydrogens is 1420 g/mol. The molecule has 584 valence electrons. The van der Waals surface area contributed by atoms with Crippen molar-refractivity contribution in [3.63, 3.8) is 0 Å². The highest BCUT2D eigenvalue weighted by Gasteiger charge is 2.55. The smallest absolute Gasteiger partial charge is 0.358 e. The van der Waals surface area contributed by atoms with Crippen LogP contribution < -0.4 is 77.4 Å². The van der Waals surface area contributed by atoms with Gasteiger partial charge in [0, 0.05) is 24.3 Å². The van der Waals surface area contributed by atoms with E-state index in [1.54, 1.807) is 43.3 Å². The van der Waals surface area contributed by atoms with Crippen molar-refractivity contribution in [3.05, 3.63) is 120 Å². The molecule has 0 spiro atoms. The van der Waals surface area contributed by atoms with Crippen LogP contribution in [0.2, 0.25) is 0 Å². The molecule has 39 heteroatoms. The summed E-state index contributed by atoms with van der Waals surface area (Å²) in [5, 5.41) is 185. The number of aliphatic hydroxyl groups excluding tert-OH is 14. The summed E-state index contributed by atoms with van der Waals surface area (Å²) in [6.45, 7) is -3.48. The lowest BCUT2D eigenvalue weighted by atomic mass is 9.92. The number of methoxy groups -OCH3 is 1. The first-order chi connectivity index (χ1) is 51.2. The number of benzene rings is 4. The molecule has 4 aromatic rings. The van der Waals surface area contributed by atoms with Gasteiger partial charge in [0.25, 0.3) is 0 Å². The first-order valence-electron chi connectivity index (χ1n) is 34.3. The van der Waals surface area contributed by atoms with Gasteiger partial charge in [-0.2, -0.15) is 0 Å². The summed E-state index contributed by atoms with van der Waals surface area (Å²) in [4.78, 5) is 69.4. The van der Waals surface area contributed by atoms with Crippen molar-refractivity contribution in [2.45, 2.75) is 172 Å². The van der Waals surface area contributed by atoms with Gasteiger partial charge in [0.1, 0.15) is 140 Å². The largest absolute Gasteiger partial charge is 0.858 e. The summed E-state index contributed by atoms with van der Waals surface area (Å²) in [6, 6.07) is 14.8. The van der Waals surface area contributed by atoms with Gasteiger partial charge in [-0.05, 0) is 41.0 Å². The van der Waals surface area contributed by atoms with E-state index in [1.165, 1.54) is 43.5 Å². The molecule has 4 amide bonds. The normalized spacial score (nSPS) is 33.5. The van der Waals surface area contributed by atoms with Crippen molar-refractivity contribution in [2.75, 3.05) is 53.2 Å². The van der Waals surface area contributed by atoms with Crippen LogP contribution in [-0.4, -0.2) is 323 Å². The standard InChI is InChI=1S/C68H90N12O27/c1-29(32-11-7-4-8-12-32)45-61(97)74-35(19-30-13-15-33(16-14-30)103-65-55(93)53(91)58(43(27-84)105-65)107-66-56(94)52(90)57(42(26-83)106-66)102-34-17-18-39(100-2)40(20-34)101-28-31-9-5-3-6-10-31)60(96)78-46(48(86)36-21-72-67(69)76-36)63(99)79-47(62(98)75-37(24-81)59(95)71-23-44(85)77-45)49(87)38-22-73-68(70)80(38)64-54(92)51(89)50(88)41(25-82)104-64/h3-18,20,29,35-38,41-43,45-58,64-66,81-84,86-94H,19,21-28H2,1-2H3,(H11,69,70,71,72,73,74,75,76,77,78,79,85,95,96,97,98,99)/p+2/t29-,35-,36+,37+,38+,41+,42+,43-,45?,46+,47-,48-,49-,50+,51+,52-,53+,54+,55-,56+,57+,58+,64-,65-,66+/m1/s1. The number of ether oxygens (including phenoxy) is 8. The Kier molecular flexibility index (Phi) is 27.1. The number of carbonyl (C=O) groups excluding carboxylic acids is 4. The van der Waals surface area contributed by atoms with E-state index in [9.17, 15) is 86.2 Å². The number of nitrogens with zero attached hydrogens (tertiary/aromatic N) is 2. The topological polar surface area (TPSA) is 616 Å². The van der Waals surface area contributed by atoms with Gasteiger partial charge in [0.05, 0.1) is 40.1 Å². The maximum Gasteiger partial charge on any atom is 0.358 e.